The fourth-order valence-corrected chi connectivity index (χ4v) is 2.37. The molecule has 0 amide bonds. The summed E-state index contributed by atoms with van der Waals surface area (Å²) in [5.74, 6) is 0.776. The first-order chi connectivity index (χ1) is 8.15. The molecule has 0 radical (unpaired) electrons. The summed E-state index contributed by atoms with van der Waals surface area (Å²) in [6, 6.07) is 0.676. The van der Waals surface area contributed by atoms with Crippen LogP contribution in [0, 0.1) is 0 Å². The summed E-state index contributed by atoms with van der Waals surface area (Å²) in [5.41, 5.74) is 7.09. The van der Waals surface area contributed by atoms with E-state index in [1.807, 2.05) is 6.08 Å². The number of hydrogen-bond donors (Lipinski definition) is 2. The smallest absolute Gasteiger partial charge is 0.0962 e. The lowest BCUT2D eigenvalue weighted by Crippen LogP contribution is -2.49. The van der Waals surface area contributed by atoms with Crippen LogP contribution in [0.3, 0.4) is 0 Å². The molecule has 0 bridgehead atoms. The first kappa shape index (κ1) is 12.5. The second-order valence-electron chi connectivity index (χ2n) is 5.21. The molecule has 0 saturated carbocycles. The molecule has 2 aliphatic heterocycles. The largest absolute Gasteiger partial charge is 0.386 e. The predicted molar refractivity (Wildman–Crippen MR) is 71.5 cm³/mol. The molecule has 3 N–H and O–H groups in total. The summed E-state index contributed by atoms with van der Waals surface area (Å²) in [4.78, 5) is 5.07. The van der Waals surface area contributed by atoms with E-state index in [1.54, 1.807) is 0 Å². The van der Waals surface area contributed by atoms with Crippen LogP contribution in [0.15, 0.2) is 23.5 Å². The van der Waals surface area contributed by atoms with Crippen LogP contribution >= 0.6 is 0 Å². The maximum absolute atomic E-state index is 5.67. The molecular weight excluding hydrogens is 212 g/mol. The van der Waals surface area contributed by atoms with E-state index in [0.717, 1.165) is 18.9 Å². The molecule has 0 aromatic rings. The van der Waals surface area contributed by atoms with Crippen LogP contribution in [0.5, 0.6) is 0 Å². The van der Waals surface area contributed by atoms with E-state index in [1.165, 1.54) is 31.8 Å². The zero-order valence-electron chi connectivity index (χ0n) is 10.9. The van der Waals surface area contributed by atoms with Crippen LogP contribution in [0.2, 0.25) is 0 Å². The Morgan fingerprint density at radius 1 is 1.24 bits per heavy atom. The second-order valence-corrected chi connectivity index (χ2v) is 5.21. The van der Waals surface area contributed by atoms with E-state index in [-0.39, 0.29) is 0 Å². The molecule has 0 aliphatic carbocycles. The summed E-state index contributed by atoms with van der Waals surface area (Å²) in [6.45, 7) is 11.2. The zero-order valence-corrected chi connectivity index (χ0v) is 10.9. The van der Waals surface area contributed by atoms with Gasteiger partial charge in [-0.1, -0.05) is 6.08 Å². The van der Waals surface area contributed by atoms with Gasteiger partial charge in [0.2, 0.25) is 0 Å². The van der Waals surface area contributed by atoms with Crippen molar-refractivity contribution in [2.75, 3.05) is 39.3 Å². The molecule has 0 aromatic heterocycles. The Labute approximate surface area is 104 Å². The Morgan fingerprint density at radius 3 is 2.47 bits per heavy atom. The van der Waals surface area contributed by atoms with Crippen molar-refractivity contribution in [3.63, 3.8) is 0 Å². The Bertz CT molecular complexity index is 311. The minimum atomic E-state index is 0.676. The molecule has 1 saturated heterocycles. The number of piperazine rings is 1. The van der Waals surface area contributed by atoms with Gasteiger partial charge in [-0.2, -0.15) is 0 Å². The standard InChI is InChI=1S/C13H24N4/c1-11(2)17-7-5-16(6-8-17)10-12-3-4-13(14)15-9-12/h3-4,11,15H,5-10,14H2,1-2H3. The fraction of sp³-hybridized carbons (Fsp3) is 0.692. The first-order valence-corrected chi connectivity index (χ1v) is 6.50. The predicted octanol–water partition coefficient (Wildman–Crippen LogP) is 0.342. The molecule has 4 heteroatoms. The van der Waals surface area contributed by atoms with E-state index in [9.17, 15) is 0 Å². The summed E-state index contributed by atoms with van der Waals surface area (Å²) < 4.78 is 0. The van der Waals surface area contributed by atoms with Crippen molar-refractivity contribution in [3.8, 4) is 0 Å². The lowest BCUT2D eigenvalue weighted by Gasteiger charge is -2.37. The van der Waals surface area contributed by atoms with Crippen molar-refractivity contribution in [3.05, 3.63) is 23.5 Å². The summed E-state index contributed by atoms with van der Waals surface area (Å²) >= 11 is 0. The van der Waals surface area contributed by atoms with Gasteiger partial charge in [0.05, 0.1) is 5.82 Å². The molecule has 0 atom stereocenters. The van der Waals surface area contributed by atoms with Gasteiger partial charge >= 0.3 is 0 Å². The monoisotopic (exact) mass is 236 g/mol. The highest BCUT2D eigenvalue weighted by atomic mass is 15.3. The molecule has 0 spiro atoms. The minimum Gasteiger partial charge on any atom is -0.386 e. The van der Waals surface area contributed by atoms with Crippen molar-refractivity contribution in [2.45, 2.75) is 19.9 Å². The molecule has 2 aliphatic rings. The Morgan fingerprint density at radius 2 is 1.94 bits per heavy atom. The lowest BCUT2D eigenvalue weighted by atomic mass is 10.1. The third-order valence-corrected chi connectivity index (χ3v) is 3.58. The number of dihydropyridines is 1. The van der Waals surface area contributed by atoms with Gasteiger partial charge in [-0.05, 0) is 25.5 Å². The van der Waals surface area contributed by atoms with Gasteiger partial charge in [0.25, 0.3) is 0 Å². The van der Waals surface area contributed by atoms with E-state index in [4.69, 9.17) is 5.73 Å². The first-order valence-electron chi connectivity index (χ1n) is 6.50. The van der Waals surface area contributed by atoms with E-state index < -0.39 is 0 Å². The van der Waals surface area contributed by atoms with E-state index in [2.05, 4.69) is 35.0 Å². The van der Waals surface area contributed by atoms with Crippen LogP contribution in [0.25, 0.3) is 0 Å². The maximum atomic E-state index is 5.67. The van der Waals surface area contributed by atoms with E-state index in [0.29, 0.717) is 6.04 Å². The van der Waals surface area contributed by atoms with Crippen molar-refractivity contribution < 1.29 is 0 Å². The molecule has 2 rings (SSSR count). The number of rotatable bonds is 3. The van der Waals surface area contributed by atoms with Gasteiger partial charge in [0.1, 0.15) is 0 Å². The molecule has 17 heavy (non-hydrogen) atoms. The average molecular weight is 236 g/mol. The van der Waals surface area contributed by atoms with Gasteiger partial charge in [-0.25, -0.2) is 0 Å². The van der Waals surface area contributed by atoms with Gasteiger partial charge in [-0.3, -0.25) is 9.80 Å². The molecule has 96 valence electrons. The van der Waals surface area contributed by atoms with E-state index >= 15 is 0 Å². The van der Waals surface area contributed by atoms with Crippen molar-refractivity contribution in [1.29, 1.82) is 0 Å². The quantitative estimate of drug-likeness (QED) is 0.742. The number of nitrogens with two attached hydrogens (primary N) is 1. The second kappa shape index (κ2) is 5.56. The highest BCUT2D eigenvalue weighted by Gasteiger charge is 2.19. The third-order valence-electron chi connectivity index (χ3n) is 3.58. The minimum absolute atomic E-state index is 0.676. The van der Waals surface area contributed by atoms with Gasteiger partial charge in [-0.15, -0.1) is 0 Å². The summed E-state index contributed by atoms with van der Waals surface area (Å²) in [6.07, 6.45) is 4.11. The number of nitrogens with one attached hydrogen (secondary N) is 1. The SMILES string of the molecule is CC(C)N1CCN(CC2=CC=C(N)NC2)CC1. The molecule has 0 aromatic carbocycles. The molecular formula is C13H24N4. The fourth-order valence-electron chi connectivity index (χ4n) is 2.37. The molecule has 0 unspecified atom stereocenters. The Kier molecular flexibility index (Phi) is 4.07. The lowest BCUT2D eigenvalue weighted by molar-refractivity contribution is 0.114. The number of allylic oxidation sites excluding steroid dienone is 2. The van der Waals surface area contributed by atoms with Crippen LogP contribution in [0.4, 0.5) is 0 Å². The Hall–Kier alpha value is -1.00. The number of hydrogen-bond acceptors (Lipinski definition) is 4. The third kappa shape index (κ3) is 3.48. The van der Waals surface area contributed by atoms with Crippen LogP contribution < -0.4 is 11.1 Å². The average Bonchev–Trinajstić information content (AvgIpc) is 2.33. The van der Waals surface area contributed by atoms with Gasteiger partial charge < -0.3 is 11.1 Å². The van der Waals surface area contributed by atoms with Crippen LogP contribution in [-0.4, -0.2) is 55.1 Å². The highest BCUT2D eigenvalue weighted by molar-refractivity contribution is 5.23. The molecule has 1 fully saturated rings. The van der Waals surface area contributed by atoms with Gasteiger partial charge in [0, 0.05) is 45.3 Å². The highest BCUT2D eigenvalue weighted by Crippen LogP contribution is 2.09. The topological polar surface area (TPSA) is 44.5 Å². The molecule has 2 heterocycles. The van der Waals surface area contributed by atoms with Crippen LogP contribution in [0.1, 0.15) is 13.8 Å². The van der Waals surface area contributed by atoms with Crippen molar-refractivity contribution in [2.24, 2.45) is 5.73 Å². The normalized spacial score (nSPS) is 23.2. The van der Waals surface area contributed by atoms with Crippen molar-refractivity contribution >= 4 is 0 Å². The molecule has 4 nitrogen and oxygen atoms in total. The van der Waals surface area contributed by atoms with Crippen LogP contribution in [-0.2, 0) is 0 Å². The van der Waals surface area contributed by atoms with Crippen molar-refractivity contribution in [1.82, 2.24) is 15.1 Å². The summed E-state index contributed by atoms with van der Waals surface area (Å²) in [5, 5.41) is 3.18. The van der Waals surface area contributed by atoms with Gasteiger partial charge in [0.15, 0.2) is 0 Å². The zero-order chi connectivity index (χ0) is 12.3. The maximum Gasteiger partial charge on any atom is 0.0962 e. The Balaban J connectivity index is 1.79. The number of nitrogens with zero attached hydrogens (tertiary/aromatic N) is 2. The summed E-state index contributed by atoms with van der Waals surface area (Å²) in [7, 11) is 0.